The molecule has 1 heterocycles. The maximum Gasteiger partial charge on any atom is 0.225 e. The summed E-state index contributed by atoms with van der Waals surface area (Å²) in [6.07, 6.45) is 0.698. The molecule has 0 saturated carbocycles. The number of halogens is 2. The Morgan fingerprint density at radius 2 is 2.06 bits per heavy atom. The van der Waals surface area contributed by atoms with Gasteiger partial charge in [0.05, 0.1) is 12.5 Å². The topological polar surface area (TPSA) is 38.3 Å². The molecule has 0 bridgehead atoms. The van der Waals surface area contributed by atoms with Gasteiger partial charge in [-0.3, -0.25) is 4.79 Å². The number of amides is 1. The number of nitrogens with one attached hydrogen (secondary N) is 1. The Morgan fingerprint density at radius 1 is 1.35 bits per heavy atom. The number of hydrogen-bond donors (Lipinski definition) is 1. The molecule has 1 aromatic carbocycles. The van der Waals surface area contributed by atoms with E-state index in [1.807, 2.05) is 0 Å². The van der Waals surface area contributed by atoms with E-state index < -0.39 is 11.6 Å². The zero-order valence-electron chi connectivity index (χ0n) is 9.21. The number of ether oxygens (including phenoxy) is 1. The molecule has 1 amide bonds. The van der Waals surface area contributed by atoms with Crippen LogP contribution in [0.3, 0.4) is 0 Å². The van der Waals surface area contributed by atoms with E-state index in [0.29, 0.717) is 25.2 Å². The van der Waals surface area contributed by atoms with Gasteiger partial charge in [-0.2, -0.15) is 0 Å². The van der Waals surface area contributed by atoms with Crippen LogP contribution in [0.15, 0.2) is 18.2 Å². The fourth-order valence-electron chi connectivity index (χ4n) is 1.79. The normalized spacial score (nSPS) is 19.3. The summed E-state index contributed by atoms with van der Waals surface area (Å²) in [5, 5.41) is 2.64. The molecule has 1 N–H and O–H groups in total. The number of rotatable bonds is 3. The molecule has 1 fully saturated rings. The molecule has 0 aromatic heterocycles. The van der Waals surface area contributed by atoms with E-state index in [9.17, 15) is 13.6 Å². The van der Waals surface area contributed by atoms with Crippen LogP contribution in [-0.2, 0) is 16.1 Å². The van der Waals surface area contributed by atoms with Gasteiger partial charge in [0.1, 0.15) is 11.6 Å². The van der Waals surface area contributed by atoms with Crippen molar-refractivity contribution in [3.05, 3.63) is 35.4 Å². The Balaban J connectivity index is 1.90. The zero-order valence-corrected chi connectivity index (χ0v) is 9.21. The quantitative estimate of drug-likeness (QED) is 0.873. The number of carbonyl (C=O) groups is 1. The van der Waals surface area contributed by atoms with Crippen molar-refractivity contribution in [2.24, 2.45) is 5.92 Å². The Bertz CT molecular complexity index is 397. The molecular weight excluding hydrogens is 228 g/mol. The van der Waals surface area contributed by atoms with Crippen LogP contribution in [0.4, 0.5) is 8.78 Å². The molecule has 0 aliphatic carbocycles. The molecule has 1 aromatic rings. The van der Waals surface area contributed by atoms with Gasteiger partial charge in [-0.15, -0.1) is 0 Å². The average molecular weight is 241 g/mol. The maximum absolute atomic E-state index is 12.9. The van der Waals surface area contributed by atoms with Crippen molar-refractivity contribution in [2.45, 2.75) is 13.0 Å². The number of carbonyl (C=O) groups excluding carboxylic acids is 1. The van der Waals surface area contributed by atoms with Gasteiger partial charge >= 0.3 is 0 Å². The summed E-state index contributed by atoms with van der Waals surface area (Å²) in [7, 11) is 0. The highest BCUT2D eigenvalue weighted by Gasteiger charge is 2.22. The molecule has 1 saturated heterocycles. The van der Waals surface area contributed by atoms with Crippen LogP contribution >= 0.6 is 0 Å². The van der Waals surface area contributed by atoms with E-state index in [1.165, 1.54) is 12.1 Å². The van der Waals surface area contributed by atoms with Gasteiger partial charge in [0.2, 0.25) is 5.91 Å². The molecule has 1 aliphatic rings. The van der Waals surface area contributed by atoms with Gasteiger partial charge in [-0.1, -0.05) is 0 Å². The van der Waals surface area contributed by atoms with Crippen molar-refractivity contribution in [3.8, 4) is 0 Å². The van der Waals surface area contributed by atoms with Crippen molar-refractivity contribution in [1.29, 1.82) is 0 Å². The predicted octanol–water partition coefficient (Wildman–Crippen LogP) is 1.62. The predicted molar refractivity (Wildman–Crippen MR) is 57.1 cm³/mol. The summed E-state index contributed by atoms with van der Waals surface area (Å²) < 4.78 is 30.8. The summed E-state index contributed by atoms with van der Waals surface area (Å²) >= 11 is 0. The lowest BCUT2D eigenvalue weighted by atomic mass is 10.1. The van der Waals surface area contributed by atoms with E-state index >= 15 is 0 Å². The molecule has 17 heavy (non-hydrogen) atoms. The fraction of sp³-hybridized carbons (Fsp3) is 0.417. The van der Waals surface area contributed by atoms with Gasteiger partial charge in [-0.05, 0) is 24.1 Å². The van der Waals surface area contributed by atoms with E-state index in [1.54, 1.807) is 0 Å². The van der Waals surface area contributed by atoms with Crippen LogP contribution in [0.2, 0.25) is 0 Å². The minimum atomic E-state index is -0.640. The second kappa shape index (κ2) is 5.23. The third-order valence-electron chi connectivity index (χ3n) is 2.69. The molecule has 2 rings (SSSR count). The lowest BCUT2D eigenvalue weighted by molar-refractivity contribution is -0.125. The highest BCUT2D eigenvalue weighted by molar-refractivity contribution is 5.78. The zero-order chi connectivity index (χ0) is 12.3. The summed E-state index contributed by atoms with van der Waals surface area (Å²) in [6, 6.07) is 3.21. The van der Waals surface area contributed by atoms with Gasteiger partial charge in [0, 0.05) is 19.2 Å². The van der Waals surface area contributed by atoms with Crippen molar-refractivity contribution in [2.75, 3.05) is 13.2 Å². The first-order valence-corrected chi connectivity index (χ1v) is 5.45. The molecule has 5 heteroatoms. The van der Waals surface area contributed by atoms with Crippen LogP contribution < -0.4 is 5.32 Å². The molecule has 1 unspecified atom stereocenters. The number of hydrogen-bond acceptors (Lipinski definition) is 2. The van der Waals surface area contributed by atoms with Crippen LogP contribution in [0.5, 0.6) is 0 Å². The first kappa shape index (κ1) is 12.0. The summed E-state index contributed by atoms with van der Waals surface area (Å²) in [4.78, 5) is 11.6. The van der Waals surface area contributed by atoms with Crippen molar-refractivity contribution in [1.82, 2.24) is 5.32 Å². The Hall–Kier alpha value is -1.49. The Kier molecular flexibility index (Phi) is 3.68. The van der Waals surface area contributed by atoms with Gasteiger partial charge < -0.3 is 10.1 Å². The van der Waals surface area contributed by atoms with Gasteiger partial charge in [0.15, 0.2) is 0 Å². The molecule has 1 atom stereocenters. The van der Waals surface area contributed by atoms with E-state index in [4.69, 9.17) is 4.74 Å². The average Bonchev–Trinajstić information content (AvgIpc) is 2.78. The Morgan fingerprint density at radius 3 is 2.65 bits per heavy atom. The minimum absolute atomic E-state index is 0.129. The molecule has 0 radical (unpaired) electrons. The largest absolute Gasteiger partial charge is 0.381 e. The SMILES string of the molecule is O=C(NCc1cc(F)cc(F)c1)C1CCOC1. The van der Waals surface area contributed by atoms with Crippen molar-refractivity contribution in [3.63, 3.8) is 0 Å². The second-order valence-corrected chi connectivity index (χ2v) is 4.06. The van der Waals surface area contributed by atoms with Crippen LogP contribution in [0.1, 0.15) is 12.0 Å². The Labute approximate surface area is 97.8 Å². The second-order valence-electron chi connectivity index (χ2n) is 4.06. The summed E-state index contributed by atoms with van der Waals surface area (Å²) in [5.41, 5.74) is 0.412. The van der Waals surface area contributed by atoms with E-state index in [-0.39, 0.29) is 18.4 Å². The van der Waals surface area contributed by atoms with Crippen molar-refractivity contribution >= 4 is 5.91 Å². The van der Waals surface area contributed by atoms with Gasteiger partial charge in [0.25, 0.3) is 0 Å². The van der Waals surface area contributed by atoms with E-state index in [0.717, 1.165) is 6.07 Å². The molecular formula is C12H13F2NO2. The summed E-state index contributed by atoms with van der Waals surface area (Å²) in [6.45, 7) is 1.14. The molecule has 92 valence electrons. The molecule has 0 spiro atoms. The number of benzene rings is 1. The first-order chi connectivity index (χ1) is 8.15. The van der Waals surface area contributed by atoms with Crippen LogP contribution in [-0.4, -0.2) is 19.1 Å². The van der Waals surface area contributed by atoms with Crippen LogP contribution in [0, 0.1) is 17.6 Å². The fourth-order valence-corrected chi connectivity index (χ4v) is 1.79. The summed E-state index contributed by atoms with van der Waals surface area (Å²) in [5.74, 6) is -1.56. The highest BCUT2D eigenvalue weighted by atomic mass is 19.1. The lowest BCUT2D eigenvalue weighted by Crippen LogP contribution is -2.30. The standard InChI is InChI=1S/C12H13F2NO2/c13-10-3-8(4-11(14)5-10)6-15-12(16)9-1-2-17-7-9/h3-5,9H,1-2,6-7H2,(H,15,16). The minimum Gasteiger partial charge on any atom is -0.381 e. The molecule has 1 aliphatic heterocycles. The van der Waals surface area contributed by atoms with Crippen molar-refractivity contribution < 1.29 is 18.3 Å². The first-order valence-electron chi connectivity index (χ1n) is 5.45. The maximum atomic E-state index is 12.9. The molecule has 3 nitrogen and oxygen atoms in total. The van der Waals surface area contributed by atoms with Crippen LogP contribution in [0.25, 0.3) is 0 Å². The van der Waals surface area contributed by atoms with Gasteiger partial charge in [-0.25, -0.2) is 8.78 Å². The smallest absolute Gasteiger partial charge is 0.225 e. The monoisotopic (exact) mass is 241 g/mol. The highest BCUT2D eigenvalue weighted by Crippen LogP contribution is 2.13. The lowest BCUT2D eigenvalue weighted by Gasteiger charge is -2.09. The van der Waals surface area contributed by atoms with E-state index in [2.05, 4.69) is 5.32 Å². The third kappa shape index (κ3) is 3.23. The third-order valence-corrected chi connectivity index (χ3v) is 2.69.